The molecular formula is C13H24O. The predicted molar refractivity (Wildman–Crippen MR) is 62.3 cm³/mol. The molecule has 1 saturated carbocycles. The molecule has 2 atom stereocenters. The zero-order valence-electron chi connectivity index (χ0n) is 10.3. The minimum atomic E-state index is 0.264. The Labute approximate surface area is 88.6 Å². The van der Waals surface area contributed by atoms with Gasteiger partial charge in [-0.25, -0.2) is 0 Å². The molecule has 0 spiro atoms. The number of carbonyl (C=O) groups excluding carboxylic acids is 1. The minimum Gasteiger partial charge on any atom is -0.299 e. The molecule has 1 aliphatic rings. The predicted octanol–water partition coefficient (Wildman–Crippen LogP) is 3.98. The van der Waals surface area contributed by atoms with Crippen LogP contribution in [0.15, 0.2) is 12.2 Å². The fourth-order valence-electron chi connectivity index (χ4n) is 2.12. The molecule has 0 heterocycles. The van der Waals surface area contributed by atoms with Crippen LogP contribution < -0.4 is 0 Å². The third kappa shape index (κ3) is 3.65. The average Bonchev–Trinajstić information content (AvgIpc) is 2.16. The minimum absolute atomic E-state index is 0.264. The first-order valence-electron chi connectivity index (χ1n) is 5.74. The first kappa shape index (κ1) is 13.4. The highest BCUT2D eigenvalue weighted by Gasteiger charge is 2.32. The summed E-state index contributed by atoms with van der Waals surface area (Å²) in [4.78, 5) is 11.3. The van der Waals surface area contributed by atoms with Crippen LogP contribution in [-0.4, -0.2) is 5.78 Å². The summed E-state index contributed by atoms with van der Waals surface area (Å²) in [6.07, 6.45) is 7.16. The van der Waals surface area contributed by atoms with Crippen molar-refractivity contribution >= 4 is 5.78 Å². The second kappa shape index (κ2) is 6.00. The number of allylic oxidation sites excluding steroid dienone is 2. The van der Waals surface area contributed by atoms with Gasteiger partial charge in [-0.15, -0.1) is 0 Å². The molecule has 1 heteroatoms. The van der Waals surface area contributed by atoms with Crippen molar-refractivity contribution < 1.29 is 4.79 Å². The Morgan fingerprint density at radius 3 is 2.43 bits per heavy atom. The maximum Gasteiger partial charge on any atom is 0.135 e. The van der Waals surface area contributed by atoms with Crippen LogP contribution in [0.3, 0.4) is 0 Å². The van der Waals surface area contributed by atoms with Crippen LogP contribution in [-0.2, 0) is 4.79 Å². The number of hydrogen-bond donors (Lipinski definition) is 0. The van der Waals surface area contributed by atoms with Crippen LogP contribution in [0.4, 0.5) is 0 Å². The maximum atomic E-state index is 11.3. The number of carbonyl (C=O) groups is 1. The number of rotatable bonds is 1. The molecule has 0 N–H and O–H groups in total. The van der Waals surface area contributed by atoms with Crippen molar-refractivity contribution in [1.29, 1.82) is 0 Å². The van der Waals surface area contributed by atoms with Crippen molar-refractivity contribution in [2.75, 3.05) is 0 Å². The molecule has 0 aromatic carbocycles. The molecular weight excluding hydrogens is 172 g/mol. The van der Waals surface area contributed by atoms with Crippen molar-refractivity contribution in [2.45, 2.75) is 53.9 Å². The van der Waals surface area contributed by atoms with Gasteiger partial charge in [-0.1, -0.05) is 39.8 Å². The van der Waals surface area contributed by atoms with Crippen LogP contribution in [0.1, 0.15) is 53.9 Å². The molecule has 0 amide bonds. The van der Waals surface area contributed by atoms with Gasteiger partial charge in [-0.2, -0.15) is 0 Å². The van der Waals surface area contributed by atoms with E-state index in [1.54, 1.807) is 0 Å². The smallest absolute Gasteiger partial charge is 0.135 e. The molecule has 1 nitrogen and oxygen atoms in total. The zero-order valence-corrected chi connectivity index (χ0v) is 10.3. The second-order valence-corrected chi connectivity index (χ2v) is 4.23. The Morgan fingerprint density at radius 2 is 2.00 bits per heavy atom. The van der Waals surface area contributed by atoms with E-state index in [0.717, 1.165) is 19.3 Å². The second-order valence-electron chi connectivity index (χ2n) is 4.23. The van der Waals surface area contributed by atoms with Crippen molar-refractivity contribution in [3.8, 4) is 0 Å². The maximum absolute atomic E-state index is 11.3. The standard InChI is InChI=1S/C11H18O.C2H6/c1-4-6-11(3)7-5-10(12)9(2)8-11;1-2/h4,6,9H,5,7-8H2,1-3H3;1-2H3/b6-4+;/t9-,11-;/m0./s1. The SMILES string of the molecule is C/C=C/[C@@]1(C)CCC(=O)[C@@H](C)C1.CC. The van der Waals surface area contributed by atoms with E-state index in [2.05, 4.69) is 19.1 Å². The molecule has 0 saturated heterocycles. The fraction of sp³-hybridized carbons (Fsp3) is 0.769. The van der Waals surface area contributed by atoms with E-state index in [4.69, 9.17) is 0 Å². The molecule has 1 aliphatic carbocycles. The Morgan fingerprint density at radius 1 is 1.43 bits per heavy atom. The van der Waals surface area contributed by atoms with Crippen LogP contribution in [0.2, 0.25) is 0 Å². The lowest BCUT2D eigenvalue weighted by Crippen LogP contribution is -2.28. The van der Waals surface area contributed by atoms with Crippen molar-refractivity contribution in [3.05, 3.63) is 12.2 Å². The lowest BCUT2D eigenvalue weighted by molar-refractivity contribution is -0.125. The summed E-state index contributed by atoms with van der Waals surface area (Å²) in [5, 5.41) is 0. The fourth-order valence-corrected chi connectivity index (χ4v) is 2.12. The van der Waals surface area contributed by atoms with Crippen LogP contribution >= 0.6 is 0 Å². The summed E-state index contributed by atoms with van der Waals surface area (Å²) in [6.45, 7) is 10.3. The summed E-state index contributed by atoms with van der Waals surface area (Å²) in [7, 11) is 0. The Bertz CT molecular complexity index is 205. The summed E-state index contributed by atoms with van der Waals surface area (Å²) >= 11 is 0. The highest BCUT2D eigenvalue weighted by Crippen LogP contribution is 2.38. The summed E-state index contributed by atoms with van der Waals surface area (Å²) in [5.74, 6) is 0.705. The first-order valence-corrected chi connectivity index (χ1v) is 5.74. The molecule has 0 bridgehead atoms. The van der Waals surface area contributed by atoms with Gasteiger partial charge in [0.2, 0.25) is 0 Å². The van der Waals surface area contributed by atoms with Crippen LogP contribution in [0.5, 0.6) is 0 Å². The van der Waals surface area contributed by atoms with Gasteiger partial charge in [-0.3, -0.25) is 4.79 Å². The third-order valence-electron chi connectivity index (χ3n) is 2.83. The Hall–Kier alpha value is -0.590. The van der Waals surface area contributed by atoms with Gasteiger partial charge in [-0.05, 0) is 25.2 Å². The quantitative estimate of drug-likeness (QED) is 0.580. The van der Waals surface area contributed by atoms with Gasteiger partial charge >= 0.3 is 0 Å². The molecule has 0 aliphatic heterocycles. The lowest BCUT2D eigenvalue weighted by Gasteiger charge is -2.33. The van der Waals surface area contributed by atoms with Gasteiger partial charge in [0.25, 0.3) is 0 Å². The molecule has 0 aromatic rings. The lowest BCUT2D eigenvalue weighted by atomic mass is 9.71. The van der Waals surface area contributed by atoms with Crippen LogP contribution in [0, 0.1) is 11.3 Å². The summed E-state index contributed by atoms with van der Waals surface area (Å²) < 4.78 is 0. The van der Waals surface area contributed by atoms with Gasteiger partial charge in [0.1, 0.15) is 5.78 Å². The van der Waals surface area contributed by atoms with Gasteiger partial charge < -0.3 is 0 Å². The van der Waals surface area contributed by atoms with Crippen molar-refractivity contribution in [1.82, 2.24) is 0 Å². The van der Waals surface area contributed by atoms with E-state index in [-0.39, 0.29) is 11.3 Å². The molecule has 1 rings (SSSR count). The van der Waals surface area contributed by atoms with E-state index in [9.17, 15) is 4.79 Å². The summed E-state index contributed by atoms with van der Waals surface area (Å²) in [6, 6.07) is 0. The van der Waals surface area contributed by atoms with Gasteiger partial charge in [0.05, 0.1) is 0 Å². The van der Waals surface area contributed by atoms with Gasteiger partial charge in [0.15, 0.2) is 0 Å². The van der Waals surface area contributed by atoms with E-state index < -0.39 is 0 Å². The van der Waals surface area contributed by atoms with Crippen LogP contribution in [0.25, 0.3) is 0 Å². The zero-order chi connectivity index (χ0) is 11.2. The topological polar surface area (TPSA) is 17.1 Å². The highest BCUT2D eigenvalue weighted by atomic mass is 16.1. The average molecular weight is 196 g/mol. The van der Waals surface area contributed by atoms with Gasteiger partial charge in [0, 0.05) is 12.3 Å². The molecule has 82 valence electrons. The van der Waals surface area contributed by atoms with E-state index >= 15 is 0 Å². The van der Waals surface area contributed by atoms with E-state index in [1.807, 2.05) is 27.7 Å². The Kier molecular flexibility index (Phi) is 5.75. The van der Waals surface area contributed by atoms with E-state index in [0.29, 0.717) is 5.78 Å². The monoisotopic (exact) mass is 196 g/mol. The number of Topliss-reactive ketones (excluding diaryl/α,β-unsaturated/α-hetero) is 1. The first-order chi connectivity index (χ1) is 6.57. The summed E-state index contributed by atoms with van der Waals surface area (Å²) in [5.41, 5.74) is 0.280. The van der Waals surface area contributed by atoms with E-state index in [1.165, 1.54) is 0 Å². The molecule has 0 aromatic heterocycles. The largest absolute Gasteiger partial charge is 0.299 e. The highest BCUT2D eigenvalue weighted by molar-refractivity contribution is 5.81. The number of ketones is 1. The Balaban J connectivity index is 0.000000791. The van der Waals surface area contributed by atoms with Crippen molar-refractivity contribution in [3.63, 3.8) is 0 Å². The van der Waals surface area contributed by atoms with Crippen molar-refractivity contribution in [2.24, 2.45) is 11.3 Å². The molecule has 14 heavy (non-hydrogen) atoms. The molecule has 1 fully saturated rings. The normalized spacial score (nSPS) is 32.6. The molecule has 0 unspecified atom stereocenters. The molecule has 0 radical (unpaired) electrons. The third-order valence-corrected chi connectivity index (χ3v) is 2.83. The number of hydrogen-bond acceptors (Lipinski definition) is 1.